The normalized spacial score (nSPS) is 19.9. The fourth-order valence-corrected chi connectivity index (χ4v) is 3.23. The topological polar surface area (TPSA) is 174 Å². The molecule has 0 fully saturated rings. The largest absolute Gasteiger partial charge is 0.475 e. The van der Waals surface area contributed by atoms with Crippen LogP contribution in [0.5, 0.6) is 0 Å². The quantitative estimate of drug-likeness (QED) is 0.104. The molecule has 0 aromatic rings. The molecule has 3 unspecified atom stereocenters. The maximum atomic E-state index is 12.9. The van der Waals surface area contributed by atoms with Gasteiger partial charge in [0.25, 0.3) is 0 Å². The van der Waals surface area contributed by atoms with E-state index in [0.717, 1.165) is 0 Å². The van der Waals surface area contributed by atoms with E-state index in [0.29, 0.717) is 0 Å². The van der Waals surface area contributed by atoms with Crippen LogP contribution in [-0.2, 0) is 18.1 Å². The van der Waals surface area contributed by atoms with E-state index in [1.54, 1.807) is 0 Å². The van der Waals surface area contributed by atoms with Gasteiger partial charge in [0.15, 0.2) is 0 Å². The highest BCUT2D eigenvalue weighted by Crippen LogP contribution is 2.52. The van der Waals surface area contributed by atoms with Gasteiger partial charge in [-0.2, -0.15) is 0 Å². The third-order valence-electron chi connectivity index (χ3n) is 3.94. The molecule has 0 aliphatic rings. The number of rotatable bonds is 15. The number of halogens is 3. The summed E-state index contributed by atoms with van der Waals surface area (Å²) in [6.07, 6.45) is -0.767. The fourth-order valence-electron chi connectivity index (χ4n) is 1.50. The van der Waals surface area contributed by atoms with Crippen molar-refractivity contribution < 1.29 is 32.9 Å². The molecular formula is C12H21Cl3N3O10P. The molecule has 0 saturated carbocycles. The van der Waals surface area contributed by atoms with Gasteiger partial charge < -0.3 is 0 Å². The Hall–Kier alpha value is -0.820. The molecule has 0 bridgehead atoms. The summed E-state index contributed by atoms with van der Waals surface area (Å²) in [5, 5.41) is 33.2. The van der Waals surface area contributed by atoms with Gasteiger partial charge in [0.1, 0.15) is 19.8 Å². The first kappa shape index (κ1) is 28.2. The van der Waals surface area contributed by atoms with Crippen molar-refractivity contribution >= 4 is 42.6 Å². The van der Waals surface area contributed by atoms with Crippen LogP contribution in [0.4, 0.5) is 0 Å². The molecule has 0 aliphatic carbocycles. The van der Waals surface area contributed by atoms with Crippen LogP contribution in [0.15, 0.2) is 0 Å². The van der Waals surface area contributed by atoms with Crippen molar-refractivity contribution in [3.05, 3.63) is 30.3 Å². The van der Waals surface area contributed by atoms with Gasteiger partial charge in [-0.25, -0.2) is 4.57 Å². The van der Waals surface area contributed by atoms with Gasteiger partial charge in [0.2, 0.25) is 0 Å². The molecule has 170 valence electrons. The Labute approximate surface area is 181 Å². The fraction of sp³-hybridized carbons (Fsp3) is 1.00. The summed E-state index contributed by atoms with van der Waals surface area (Å²) in [5.74, 6) is 0. The highest BCUT2D eigenvalue weighted by Gasteiger charge is 2.48. The number of nitro groups is 3. The van der Waals surface area contributed by atoms with Gasteiger partial charge in [-0.15, -0.1) is 0 Å². The molecule has 0 aromatic heterocycles. The van der Waals surface area contributed by atoms with Gasteiger partial charge >= 0.3 is 22.8 Å². The SMILES string of the molecule is CCC(Cl)(COP(=O)(OCC(Cl)(CC)[N+](=O)[O-])OCC(Cl)(CC)[N+](=O)[O-])[N+](=O)[O-]. The summed E-state index contributed by atoms with van der Waals surface area (Å²) in [4.78, 5) is 23.9. The number of nitrogens with zero attached hydrogens (tertiary/aromatic N) is 3. The van der Waals surface area contributed by atoms with Gasteiger partial charge in [-0.1, -0.05) is 20.8 Å². The summed E-state index contributed by atoms with van der Waals surface area (Å²) < 4.78 is 27.4. The number of phosphoric acid groups is 1. The second-order valence-electron chi connectivity index (χ2n) is 5.85. The predicted octanol–water partition coefficient (Wildman–Crippen LogP) is 4.01. The lowest BCUT2D eigenvalue weighted by atomic mass is 10.2. The minimum absolute atomic E-state index is 0.256. The summed E-state index contributed by atoms with van der Waals surface area (Å²) in [6.45, 7) is 1.09. The maximum Gasteiger partial charge on any atom is 0.475 e. The van der Waals surface area contributed by atoms with Crippen LogP contribution < -0.4 is 0 Å². The van der Waals surface area contributed by atoms with Crippen molar-refractivity contribution in [2.75, 3.05) is 19.8 Å². The van der Waals surface area contributed by atoms with Crippen LogP contribution in [0.3, 0.4) is 0 Å². The first-order chi connectivity index (χ1) is 13.1. The Morgan fingerprint density at radius 1 is 0.690 bits per heavy atom. The van der Waals surface area contributed by atoms with Crippen molar-refractivity contribution in [3.8, 4) is 0 Å². The number of alkyl halides is 3. The summed E-state index contributed by atoms with van der Waals surface area (Å²) >= 11 is 17.3. The van der Waals surface area contributed by atoms with E-state index in [9.17, 15) is 34.9 Å². The molecule has 3 atom stereocenters. The van der Waals surface area contributed by atoms with Crippen LogP contribution in [0.2, 0.25) is 0 Å². The lowest BCUT2D eigenvalue weighted by Crippen LogP contribution is -2.39. The summed E-state index contributed by atoms with van der Waals surface area (Å²) in [6, 6.07) is 0. The third-order valence-corrected chi connectivity index (χ3v) is 6.82. The van der Waals surface area contributed by atoms with Crippen molar-refractivity contribution in [2.45, 2.75) is 55.0 Å². The molecule has 17 heteroatoms. The Kier molecular flexibility index (Phi) is 10.7. The van der Waals surface area contributed by atoms with Crippen molar-refractivity contribution in [1.29, 1.82) is 0 Å². The van der Waals surface area contributed by atoms with E-state index in [2.05, 4.69) is 0 Å². The molecule has 0 rings (SSSR count). The van der Waals surface area contributed by atoms with E-state index < -0.39 is 57.4 Å². The summed E-state index contributed by atoms with van der Waals surface area (Å²) in [7, 11) is -4.83. The van der Waals surface area contributed by atoms with E-state index in [1.165, 1.54) is 20.8 Å². The molecule has 0 amide bonds. The zero-order valence-corrected chi connectivity index (χ0v) is 18.9. The lowest BCUT2D eigenvalue weighted by molar-refractivity contribution is -0.547. The van der Waals surface area contributed by atoms with Gasteiger partial charge in [-0.05, 0) is 34.8 Å². The molecule has 0 aliphatic heterocycles. The van der Waals surface area contributed by atoms with Gasteiger partial charge in [0.05, 0.1) is 0 Å². The average Bonchev–Trinajstić information content (AvgIpc) is 2.68. The van der Waals surface area contributed by atoms with Crippen LogP contribution in [-0.4, -0.2) is 49.6 Å². The Morgan fingerprint density at radius 2 is 0.897 bits per heavy atom. The first-order valence-electron chi connectivity index (χ1n) is 8.17. The molecule has 0 aromatic carbocycles. The predicted molar refractivity (Wildman–Crippen MR) is 103 cm³/mol. The number of hydrogen-bond donors (Lipinski definition) is 0. The third kappa shape index (κ3) is 7.74. The monoisotopic (exact) mass is 503 g/mol. The molecule has 13 nitrogen and oxygen atoms in total. The van der Waals surface area contributed by atoms with Crippen LogP contribution >= 0.6 is 42.6 Å². The maximum absolute atomic E-state index is 12.9. The molecule has 0 spiro atoms. The van der Waals surface area contributed by atoms with E-state index in [1.807, 2.05) is 0 Å². The highest BCUT2D eigenvalue weighted by molar-refractivity contribution is 7.48. The zero-order chi connectivity index (χ0) is 23.1. The highest BCUT2D eigenvalue weighted by atomic mass is 35.5. The first-order valence-corrected chi connectivity index (χ1v) is 10.8. The molecule has 29 heavy (non-hydrogen) atoms. The Balaban J connectivity index is 5.62. The van der Waals surface area contributed by atoms with Crippen LogP contribution in [0, 0.1) is 30.3 Å². The molecule has 0 radical (unpaired) electrons. The number of phosphoric ester groups is 1. The lowest BCUT2D eigenvalue weighted by Gasteiger charge is -2.25. The molecule has 0 N–H and O–H groups in total. The van der Waals surface area contributed by atoms with E-state index >= 15 is 0 Å². The van der Waals surface area contributed by atoms with Crippen molar-refractivity contribution in [3.63, 3.8) is 0 Å². The zero-order valence-electron chi connectivity index (χ0n) is 15.7. The van der Waals surface area contributed by atoms with Crippen LogP contribution in [0.1, 0.15) is 40.0 Å². The second kappa shape index (κ2) is 11.0. The Bertz CT molecular complexity index is 587. The average molecular weight is 505 g/mol. The van der Waals surface area contributed by atoms with Crippen LogP contribution in [0.25, 0.3) is 0 Å². The van der Waals surface area contributed by atoms with Gasteiger partial charge in [-0.3, -0.25) is 43.9 Å². The van der Waals surface area contributed by atoms with Gasteiger partial charge in [0, 0.05) is 34.0 Å². The minimum atomic E-state index is -4.83. The summed E-state index contributed by atoms with van der Waals surface area (Å²) in [5.41, 5.74) is 0. The van der Waals surface area contributed by atoms with E-state index in [4.69, 9.17) is 48.4 Å². The second-order valence-corrected chi connectivity index (χ2v) is 9.63. The Morgan fingerprint density at radius 3 is 1.03 bits per heavy atom. The smallest absolute Gasteiger partial charge is 0.278 e. The van der Waals surface area contributed by atoms with E-state index in [-0.39, 0.29) is 19.3 Å². The molecule has 0 saturated heterocycles. The van der Waals surface area contributed by atoms with Crippen molar-refractivity contribution in [2.24, 2.45) is 0 Å². The number of hydrogen-bond acceptors (Lipinski definition) is 10. The minimum Gasteiger partial charge on any atom is -0.278 e. The van der Waals surface area contributed by atoms with Crippen molar-refractivity contribution in [1.82, 2.24) is 0 Å². The standard InChI is InChI=1S/C12H21Cl3N3O10P/c1-4-10(13,16(19)20)7-26-29(25,27-8-11(14,5-2)17(21)22)28-9-12(15,6-3)18(23)24/h4-9H2,1-3H3. The molecule has 0 heterocycles. The molecular weight excluding hydrogens is 483 g/mol.